The molecule has 0 unspecified atom stereocenters. The van der Waals surface area contributed by atoms with Crippen molar-refractivity contribution < 1.29 is 13.2 Å². The lowest BCUT2D eigenvalue weighted by molar-refractivity contribution is 0.414. The molecule has 0 spiro atoms. The molecule has 0 radical (unpaired) electrons. The van der Waals surface area contributed by atoms with Gasteiger partial charge in [-0.1, -0.05) is 23.2 Å². The zero-order chi connectivity index (χ0) is 18.7. The quantitative estimate of drug-likeness (QED) is 0.804. The van der Waals surface area contributed by atoms with Crippen LogP contribution < -0.4 is 14.4 Å². The minimum Gasteiger partial charge on any atom is -0.497 e. The minimum absolute atomic E-state index is 0.107. The van der Waals surface area contributed by atoms with Gasteiger partial charge in [0.05, 0.1) is 22.1 Å². The van der Waals surface area contributed by atoms with Crippen LogP contribution in [0, 0.1) is 0 Å². The van der Waals surface area contributed by atoms with E-state index >= 15 is 0 Å². The van der Waals surface area contributed by atoms with E-state index in [4.69, 9.17) is 27.9 Å². The molecule has 0 atom stereocenters. The van der Waals surface area contributed by atoms with Crippen LogP contribution in [-0.4, -0.2) is 34.7 Å². The highest BCUT2D eigenvalue weighted by atomic mass is 35.5. The van der Waals surface area contributed by atoms with Crippen molar-refractivity contribution in [2.24, 2.45) is 0 Å². The maximum atomic E-state index is 12.5. The molecule has 1 heterocycles. The Hall–Kier alpha value is -1.47. The molecule has 3 rings (SSSR count). The van der Waals surface area contributed by atoms with E-state index in [1.807, 2.05) is 24.3 Å². The van der Waals surface area contributed by atoms with Crippen LogP contribution in [0.2, 0.25) is 10.0 Å². The summed E-state index contributed by atoms with van der Waals surface area (Å²) < 4.78 is 33.0. The number of nitrogens with one attached hydrogen (secondary N) is 1. The van der Waals surface area contributed by atoms with Crippen LogP contribution in [0.4, 0.5) is 5.69 Å². The van der Waals surface area contributed by atoms with Crippen LogP contribution in [0.1, 0.15) is 12.8 Å². The number of anilines is 1. The number of benzene rings is 2. The average molecular weight is 415 g/mol. The molecular formula is C18H20Cl2N2O3S. The number of piperidine rings is 1. The van der Waals surface area contributed by atoms with Crippen molar-refractivity contribution in [3.63, 3.8) is 0 Å². The third-order valence-electron chi connectivity index (χ3n) is 4.46. The Morgan fingerprint density at radius 2 is 1.69 bits per heavy atom. The fourth-order valence-electron chi connectivity index (χ4n) is 2.98. The first-order valence-electron chi connectivity index (χ1n) is 8.25. The van der Waals surface area contributed by atoms with Gasteiger partial charge < -0.3 is 9.64 Å². The van der Waals surface area contributed by atoms with Crippen molar-refractivity contribution in [1.29, 1.82) is 0 Å². The van der Waals surface area contributed by atoms with Gasteiger partial charge in [-0.05, 0) is 55.3 Å². The largest absolute Gasteiger partial charge is 0.497 e. The first-order valence-corrected chi connectivity index (χ1v) is 10.5. The van der Waals surface area contributed by atoms with Gasteiger partial charge in [-0.2, -0.15) is 0 Å². The molecule has 0 aliphatic carbocycles. The topological polar surface area (TPSA) is 58.6 Å². The number of sulfonamides is 1. The maximum absolute atomic E-state index is 12.5. The first kappa shape index (κ1) is 19.3. The summed E-state index contributed by atoms with van der Waals surface area (Å²) in [5, 5.41) is 0.558. The second-order valence-corrected chi connectivity index (χ2v) is 8.68. The fraction of sp³-hybridized carbons (Fsp3) is 0.333. The van der Waals surface area contributed by atoms with Crippen LogP contribution in [-0.2, 0) is 10.0 Å². The summed E-state index contributed by atoms with van der Waals surface area (Å²) in [6.07, 6.45) is 1.46. The Kier molecular flexibility index (Phi) is 5.97. The van der Waals surface area contributed by atoms with Gasteiger partial charge in [-0.25, -0.2) is 13.1 Å². The molecule has 0 amide bonds. The van der Waals surface area contributed by atoms with Gasteiger partial charge in [-0.3, -0.25) is 0 Å². The number of ether oxygens (including phenoxy) is 1. The Morgan fingerprint density at radius 3 is 2.27 bits per heavy atom. The van der Waals surface area contributed by atoms with Crippen LogP contribution in [0.3, 0.4) is 0 Å². The van der Waals surface area contributed by atoms with Crippen LogP contribution in [0.25, 0.3) is 0 Å². The lowest BCUT2D eigenvalue weighted by Gasteiger charge is -2.33. The molecule has 140 valence electrons. The van der Waals surface area contributed by atoms with E-state index in [1.54, 1.807) is 7.11 Å². The molecule has 1 saturated heterocycles. The molecule has 1 aliphatic rings. The second kappa shape index (κ2) is 8.05. The van der Waals surface area contributed by atoms with Crippen molar-refractivity contribution >= 4 is 38.9 Å². The van der Waals surface area contributed by atoms with Crippen LogP contribution >= 0.6 is 23.2 Å². The summed E-state index contributed by atoms with van der Waals surface area (Å²) in [4.78, 5) is 2.37. The molecule has 8 heteroatoms. The zero-order valence-corrected chi connectivity index (χ0v) is 16.6. The molecule has 0 aromatic heterocycles. The third-order valence-corrected chi connectivity index (χ3v) is 6.71. The monoisotopic (exact) mass is 414 g/mol. The predicted octanol–water partition coefficient (Wildman–Crippen LogP) is 3.95. The van der Waals surface area contributed by atoms with E-state index in [0.717, 1.165) is 37.4 Å². The SMILES string of the molecule is COc1ccc(N2CCC(NS(=O)(=O)c3ccc(Cl)c(Cl)c3)CC2)cc1. The second-order valence-electron chi connectivity index (χ2n) is 6.16. The average Bonchev–Trinajstić information content (AvgIpc) is 2.64. The Balaban J connectivity index is 1.61. The van der Waals surface area contributed by atoms with E-state index < -0.39 is 10.0 Å². The van der Waals surface area contributed by atoms with Gasteiger partial charge in [0.25, 0.3) is 0 Å². The predicted molar refractivity (Wildman–Crippen MR) is 105 cm³/mol. The van der Waals surface area contributed by atoms with Gasteiger partial charge in [0.1, 0.15) is 5.75 Å². The van der Waals surface area contributed by atoms with Gasteiger partial charge in [0, 0.05) is 24.8 Å². The smallest absolute Gasteiger partial charge is 0.240 e. The number of methoxy groups -OCH3 is 1. The molecule has 2 aromatic carbocycles. The van der Waals surface area contributed by atoms with Crippen molar-refractivity contribution in [1.82, 2.24) is 4.72 Å². The van der Waals surface area contributed by atoms with Crippen LogP contribution in [0.5, 0.6) is 5.75 Å². The fourth-order valence-corrected chi connectivity index (χ4v) is 4.67. The van der Waals surface area contributed by atoms with Gasteiger partial charge in [0.2, 0.25) is 10.0 Å². The van der Waals surface area contributed by atoms with Gasteiger partial charge in [0.15, 0.2) is 0 Å². The Bertz CT molecular complexity index is 865. The lowest BCUT2D eigenvalue weighted by atomic mass is 10.1. The highest BCUT2D eigenvalue weighted by Gasteiger charge is 2.25. The third kappa shape index (κ3) is 4.43. The standard InChI is InChI=1S/C18H20Cl2N2O3S/c1-25-15-4-2-14(3-5-15)22-10-8-13(9-11-22)21-26(23,24)16-6-7-17(19)18(20)12-16/h2-7,12-13,21H,8-11H2,1H3. The molecule has 0 bridgehead atoms. The molecular weight excluding hydrogens is 395 g/mol. The molecule has 5 nitrogen and oxygen atoms in total. The van der Waals surface area contributed by atoms with E-state index in [0.29, 0.717) is 5.02 Å². The van der Waals surface area contributed by atoms with E-state index in [9.17, 15) is 8.42 Å². The molecule has 26 heavy (non-hydrogen) atoms. The summed E-state index contributed by atoms with van der Waals surface area (Å²) in [7, 11) is -1.98. The van der Waals surface area contributed by atoms with Gasteiger partial charge >= 0.3 is 0 Å². The molecule has 0 saturated carbocycles. The van der Waals surface area contributed by atoms with Crippen molar-refractivity contribution in [3.8, 4) is 5.75 Å². The number of hydrogen-bond acceptors (Lipinski definition) is 4. The summed E-state index contributed by atoms with van der Waals surface area (Å²) in [6.45, 7) is 1.56. The Labute approximate surface area is 163 Å². The minimum atomic E-state index is -3.62. The van der Waals surface area contributed by atoms with Crippen molar-refractivity contribution in [2.45, 2.75) is 23.8 Å². The Morgan fingerprint density at radius 1 is 1.04 bits per heavy atom. The normalized spacial score (nSPS) is 15.9. The number of nitrogens with zero attached hydrogens (tertiary/aromatic N) is 1. The molecule has 1 fully saturated rings. The molecule has 2 aromatic rings. The zero-order valence-electron chi connectivity index (χ0n) is 14.3. The molecule has 1 N–H and O–H groups in total. The van der Waals surface area contributed by atoms with Gasteiger partial charge in [-0.15, -0.1) is 0 Å². The number of halogens is 2. The molecule has 1 aliphatic heterocycles. The summed E-state index contributed by atoms with van der Waals surface area (Å²) in [6, 6.07) is 12.1. The van der Waals surface area contributed by atoms with E-state index in [2.05, 4.69) is 9.62 Å². The number of rotatable bonds is 5. The summed E-state index contributed by atoms with van der Waals surface area (Å²) in [5.41, 5.74) is 1.11. The highest BCUT2D eigenvalue weighted by Crippen LogP contribution is 2.26. The van der Waals surface area contributed by atoms with Crippen molar-refractivity contribution in [3.05, 3.63) is 52.5 Å². The van der Waals surface area contributed by atoms with Crippen LogP contribution in [0.15, 0.2) is 47.4 Å². The van der Waals surface area contributed by atoms with E-state index in [-0.39, 0.29) is 16.0 Å². The highest BCUT2D eigenvalue weighted by molar-refractivity contribution is 7.89. The van der Waals surface area contributed by atoms with E-state index in [1.165, 1.54) is 18.2 Å². The first-order chi connectivity index (χ1) is 12.4. The summed E-state index contributed by atoms with van der Waals surface area (Å²) in [5.74, 6) is 0.818. The van der Waals surface area contributed by atoms with Crippen molar-refractivity contribution in [2.75, 3.05) is 25.1 Å². The lowest BCUT2D eigenvalue weighted by Crippen LogP contribution is -2.44. The number of hydrogen-bond donors (Lipinski definition) is 1. The summed E-state index contributed by atoms with van der Waals surface area (Å²) >= 11 is 11.8. The maximum Gasteiger partial charge on any atom is 0.240 e.